The molecule has 0 bridgehead atoms. The second kappa shape index (κ2) is 6.63. The zero-order valence-corrected chi connectivity index (χ0v) is 13.2. The van der Waals surface area contributed by atoms with Crippen molar-refractivity contribution >= 4 is 0 Å². The van der Waals surface area contributed by atoms with E-state index in [0.29, 0.717) is 6.61 Å². The normalized spacial score (nSPS) is 12.2. The van der Waals surface area contributed by atoms with Crippen molar-refractivity contribution < 1.29 is 14.0 Å². The van der Waals surface area contributed by atoms with Crippen molar-refractivity contribution in [3.05, 3.63) is 40.8 Å². The highest BCUT2D eigenvalue weighted by Gasteiger charge is 2.14. The Morgan fingerprint density at radius 1 is 1.33 bits per heavy atom. The molecule has 114 valence electrons. The average molecular weight is 290 g/mol. The largest absolute Gasteiger partial charge is 0.497 e. The van der Waals surface area contributed by atoms with Crippen molar-refractivity contribution in [1.29, 1.82) is 0 Å². The summed E-state index contributed by atoms with van der Waals surface area (Å²) in [6.45, 7) is 6.32. The Morgan fingerprint density at radius 3 is 2.67 bits per heavy atom. The highest BCUT2D eigenvalue weighted by molar-refractivity contribution is 5.42. The van der Waals surface area contributed by atoms with Crippen molar-refractivity contribution in [3.8, 4) is 11.5 Å². The Balaban J connectivity index is 2.25. The maximum atomic E-state index is 5.99. The van der Waals surface area contributed by atoms with E-state index in [2.05, 4.69) is 17.4 Å². The molecule has 0 aliphatic carbocycles. The molecule has 1 unspecified atom stereocenters. The van der Waals surface area contributed by atoms with Crippen LogP contribution in [0, 0.1) is 13.8 Å². The van der Waals surface area contributed by atoms with Crippen LogP contribution < -0.4 is 14.8 Å². The first kappa shape index (κ1) is 15.4. The van der Waals surface area contributed by atoms with E-state index < -0.39 is 0 Å². The van der Waals surface area contributed by atoms with E-state index in [-0.39, 0.29) is 6.04 Å². The summed E-state index contributed by atoms with van der Waals surface area (Å²) < 4.78 is 16.4. The van der Waals surface area contributed by atoms with Gasteiger partial charge in [-0.3, -0.25) is 0 Å². The molecule has 1 aromatic heterocycles. The van der Waals surface area contributed by atoms with Gasteiger partial charge in [0.1, 0.15) is 23.9 Å². The van der Waals surface area contributed by atoms with Crippen LogP contribution >= 0.6 is 0 Å². The van der Waals surface area contributed by atoms with Gasteiger partial charge in [-0.2, -0.15) is 0 Å². The number of hydrogen-bond acceptors (Lipinski definition) is 5. The topological polar surface area (TPSA) is 56.5 Å². The number of benzene rings is 1. The fourth-order valence-electron chi connectivity index (χ4n) is 2.14. The van der Waals surface area contributed by atoms with Gasteiger partial charge in [0, 0.05) is 17.7 Å². The minimum absolute atomic E-state index is 0.190. The summed E-state index contributed by atoms with van der Waals surface area (Å²) in [5.41, 5.74) is 2.93. The summed E-state index contributed by atoms with van der Waals surface area (Å²) in [5, 5.41) is 7.17. The Kier molecular flexibility index (Phi) is 4.85. The molecule has 2 aromatic rings. The number of aryl methyl sites for hydroxylation is 2. The number of hydrogen-bond donors (Lipinski definition) is 1. The molecular weight excluding hydrogens is 268 g/mol. The first-order valence-corrected chi connectivity index (χ1v) is 6.96. The third-order valence-electron chi connectivity index (χ3n) is 3.67. The van der Waals surface area contributed by atoms with E-state index in [1.54, 1.807) is 7.11 Å². The van der Waals surface area contributed by atoms with E-state index in [0.717, 1.165) is 34.1 Å². The number of aromatic nitrogens is 1. The van der Waals surface area contributed by atoms with E-state index in [1.165, 1.54) is 0 Å². The van der Waals surface area contributed by atoms with Crippen LogP contribution in [0.15, 0.2) is 22.7 Å². The smallest absolute Gasteiger partial charge is 0.140 e. The fraction of sp³-hybridized carbons (Fsp3) is 0.438. The van der Waals surface area contributed by atoms with Gasteiger partial charge >= 0.3 is 0 Å². The van der Waals surface area contributed by atoms with Crippen molar-refractivity contribution in [1.82, 2.24) is 10.5 Å². The van der Waals surface area contributed by atoms with E-state index in [4.69, 9.17) is 14.0 Å². The Hall–Kier alpha value is -2.01. The van der Waals surface area contributed by atoms with Crippen LogP contribution in [-0.4, -0.2) is 19.3 Å². The van der Waals surface area contributed by atoms with E-state index in [9.17, 15) is 0 Å². The molecule has 1 heterocycles. The van der Waals surface area contributed by atoms with Crippen molar-refractivity contribution in [3.63, 3.8) is 0 Å². The third-order valence-corrected chi connectivity index (χ3v) is 3.67. The molecule has 1 aromatic carbocycles. The van der Waals surface area contributed by atoms with Gasteiger partial charge in [0.15, 0.2) is 0 Å². The van der Waals surface area contributed by atoms with Crippen LogP contribution in [0.2, 0.25) is 0 Å². The minimum Gasteiger partial charge on any atom is -0.497 e. The van der Waals surface area contributed by atoms with E-state index in [1.807, 2.05) is 39.1 Å². The van der Waals surface area contributed by atoms with Crippen LogP contribution in [0.25, 0.3) is 0 Å². The molecule has 5 nitrogen and oxygen atoms in total. The molecular formula is C16H22N2O3. The molecule has 0 amide bonds. The van der Waals surface area contributed by atoms with Crippen LogP contribution in [0.1, 0.15) is 35.5 Å². The Morgan fingerprint density at radius 2 is 2.10 bits per heavy atom. The summed E-state index contributed by atoms with van der Waals surface area (Å²) in [6, 6.07) is 6.05. The second-order valence-corrected chi connectivity index (χ2v) is 5.01. The van der Waals surface area contributed by atoms with Crippen molar-refractivity contribution in [2.45, 2.75) is 33.4 Å². The summed E-state index contributed by atoms with van der Waals surface area (Å²) in [5.74, 6) is 2.37. The summed E-state index contributed by atoms with van der Waals surface area (Å²) in [4.78, 5) is 0. The monoisotopic (exact) mass is 290 g/mol. The molecule has 2 rings (SSSR count). The lowest BCUT2D eigenvalue weighted by molar-refractivity contribution is 0.293. The number of rotatable bonds is 6. The van der Waals surface area contributed by atoms with Crippen LogP contribution in [0.4, 0.5) is 0 Å². The molecule has 0 saturated heterocycles. The number of ether oxygens (including phenoxy) is 2. The summed E-state index contributed by atoms with van der Waals surface area (Å²) >= 11 is 0. The van der Waals surface area contributed by atoms with Gasteiger partial charge in [-0.1, -0.05) is 11.2 Å². The lowest BCUT2D eigenvalue weighted by atomic mass is 10.1. The van der Waals surface area contributed by atoms with Crippen molar-refractivity contribution in [2.24, 2.45) is 0 Å². The molecule has 0 spiro atoms. The zero-order valence-electron chi connectivity index (χ0n) is 13.2. The summed E-state index contributed by atoms with van der Waals surface area (Å²) in [7, 11) is 3.57. The van der Waals surface area contributed by atoms with Gasteiger partial charge in [-0.25, -0.2) is 0 Å². The molecule has 0 aliphatic heterocycles. The average Bonchev–Trinajstić information content (AvgIpc) is 2.82. The minimum atomic E-state index is 0.190. The van der Waals surface area contributed by atoms with Crippen LogP contribution in [-0.2, 0) is 6.61 Å². The predicted molar refractivity (Wildman–Crippen MR) is 80.8 cm³/mol. The van der Waals surface area contributed by atoms with Gasteiger partial charge in [0.2, 0.25) is 0 Å². The maximum Gasteiger partial charge on any atom is 0.140 e. The predicted octanol–water partition coefficient (Wildman–Crippen LogP) is 3.16. The van der Waals surface area contributed by atoms with Gasteiger partial charge in [-0.05, 0) is 33.9 Å². The fourth-order valence-corrected chi connectivity index (χ4v) is 2.14. The van der Waals surface area contributed by atoms with Gasteiger partial charge < -0.3 is 19.3 Å². The molecule has 0 saturated carbocycles. The highest BCUT2D eigenvalue weighted by atomic mass is 16.5. The second-order valence-electron chi connectivity index (χ2n) is 5.01. The zero-order chi connectivity index (χ0) is 15.4. The number of nitrogens with one attached hydrogen (secondary N) is 1. The maximum absolute atomic E-state index is 5.99. The van der Waals surface area contributed by atoms with Gasteiger partial charge in [0.25, 0.3) is 0 Å². The van der Waals surface area contributed by atoms with Crippen LogP contribution in [0.3, 0.4) is 0 Å². The third kappa shape index (κ3) is 3.36. The first-order chi connectivity index (χ1) is 10.1. The molecule has 21 heavy (non-hydrogen) atoms. The van der Waals surface area contributed by atoms with Gasteiger partial charge in [0.05, 0.1) is 18.4 Å². The molecule has 0 aliphatic rings. The number of methoxy groups -OCH3 is 1. The molecule has 0 fully saturated rings. The Bertz CT molecular complexity index is 588. The molecule has 1 N–H and O–H groups in total. The molecule has 0 radical (unpaired) electrons. The first-order valence-electron chi connectivity index (χ1n) is 6.96. The molecule has 5 heteroatoms. The lowest BCUT2D eigenvalue weighted by Crippen LogP contribution is -2.14. The SMILES string of the molecule is CNC(C)c1ccc(OC)cc1OCc1c(C)noc1C. The Labute approximate surface area is 125 Å². The lowest BCUT2D eigenvalue weighted by Gasteiger charge is -2.17. The summed E-state index contributed by atoms with van der Waals surface area (Å²) in [6.07, 6.45) is 0. The number of nitrogens with zero attached hydrogens (tertiary/aromatic N) is 1. The highest BCUT2D eigenvalue weighted by Crippen LogP contribution is 2.30. The van der Waals surface area contributed by atoms with Crippen molar-refractivity contribution in [2.75, 3.05) is 14.2 Å². The molecule has 1 atom stereocenters. The van der Waals surface area contributed by atoms with Gasteiger partial charge in [-0.15, -0.1) is 0 Å². The quantitative estimate of drug-likeness (QED) is 0.885. The standard InChI is InChI=1S/C16H22N2O3/c1-10(17-4)14-7-6-13(19-5)8-16(14)20-9-15-11(2)18-21-12(15)3/h6-8,10,17H,9H2,1-5H3. The van der Waals surface area contributed by atoms with E-state index >= 15 is 0 Å². The van der Waals surface area contributed by atoms with Crippen LogP contribution in [0.5, 0.6) is 11.5 Å².